The fraction of sp³-hybridized carbons (Fsp3) is 0.526. The van der Waals surface area contributed by atoms with E-state index in [1.807, 2.05) is 18.2 Å². The first-order valence-corrected chi connectivity index (χ1v) is 7.99. The number of fused-ring (bicyclic) bond motifs is 2. The van der Waals surface area contributed by atoms with E-state index in [2.05, 4.69) is 37.9 Å². The van der Waals surface area contributed by atoms with E-state index in [0.29, 0.717) is 12.5 Å². The molecule has 2 saturated carbocycles. The van der Waals surface area contributed by atoms with Crippen molar-refractivity contribution < 1.29 is 4.79 Å². The van der Waals surface area contributed by atoms with Gasteiger partial charge in [0.1, 0.15) is 0 Å². The van der Waals surface area contributed by atoms with E-state index in [0.717, 1.165) is 31.3 Å². The van der Waals surface area contributed by atoms with Gasteiger partial charge in [0.2, 0.25) is 5.91 Å². The molecule has 3 rings (SSSR count). The zero-order valence-corrected chi connectivity index (χ0v) is 13.1. The SMILES string of the molecule is C=C1C(C)(C)[C@@H]2CC[C@]1(C(=O)NCCc1ccccc1)C2. The van der Waals surface area contributed by atoms with Gasteiger partial charge in [-0.05, 0) is 42.6 Å². The second-order valence-electron chi connectivity index (χ2n) is 7.21. The van der Waals surface area contributed by atoms with Crippen LogP contribution in [0.2, 0.25) is 0 Å². The Morgan fingerprint density at radius 2 is 2.05 bits per heavy atom. The van der Waals surface area contributed by atoms with Gasteiger partial charge in [0.25, 0.3) is 0 Å². The molecule has 0 heterocycles. The Labute approximate surface area is 127 Å². The third kappa shape index (κ3) is 2.21. The molecule has 0 saturated heterocycles. The number of nitrogens with one attached hydrogen (secondary N) is 1. The summed E-state index contributed by atoms with van der Waals surface area (Å²) in [6.07, 6.45) is 4.03. The zero-order chi connectivity index (χ0) is 15.1. The molecule has 2 aliphatic carbocycles. The predicted molar refractivity (Wildman–Crippen MR) is 85.9 cm³/mol. The average molecular weight is 283 g/mol. The van der Waals surface area contributed by atoms with E-state index in [-0.39, 0.29) is 16.7 Å². The minimum Gasteiger partial charge on any atom is -0.355 e. The molecule has 0 radical (unpaired) electrons. The van der Waals surface area contributed by atoms with E-state index >= 15 is 0 Å². The molecule has 1 N–H and O–H groups in total. The molecule has 2 nitrogen and oxygen atoms in total. The van der Waals surface area contributed by atoms with Gasteiger partial charge in [-0.3, -0.25) is 4.79 Å². The molecule has 2 heteroatoms. The second-order valence-corrected chi connectivity index (χ2v) is 7.21. The van der Waals surface area contributed by atoms with Gasteiger partial charge in [-0.2, -0.15) is 0 Å². The van der Waals surface area contributed by atoms with Crippen molar-refractivity contribution in [2.45, 2.75) is 39.5 Å². The van der Waals surface area contributed by atoms with Crippen LogP contribution in [0.15, 0.2) is 42.5 Å². The molecule has 2 aliphatic rings. The fourth-order valence-corrected chi connectivity index (χ4v) is 4.28. The number of hydrogen-bond acceptors (Lipinski definition) is 1. The highest BCUT2D eigenvalue weighted by atomic mass is 16.2. The monoisotopic (exact) mass is 283 g/mol. The average Bonchev–Trinajstić information content (AvgIpc) is 3.00. The summed E-state index contributed by atoms with van der Waals surface area (Å²) in [5.41, 5.74) is 2.26. The van der Waals surface area contributed by atoms with Gasteiger partial charge in [0.15, 0.2) is 0 Å². The Hall–Kier alpha value is -1.57. The Kier molecular flexibility index (Phi) is 3.43. The molecule has 1 amide bonds. The molecule has 2 bridgehead atoms. The maximum atomic E-state index is 12.7. The van der Waals surface area contributed by atoms with Crippen molar-refractivity contribution in [3.8, 4) is 0 Å². The number of carbonyl (C=O) groups is 1. The molecule has 112 valence electrons. The zero-order valence-electron chi connectivity index (χ0n) is 13.1. The van der Waals surface area contributed by atoms with Gasteiger partial charge in [-0.1, -0.05) is 56.3 Å². The largest absolute Gasteiger partial charge is 0.355 e. The lowest BCUT2D eigenvalue weighted by Gasteiger charge is -2.37. The van der Waals surface area contributed by atoms with Crippen LogP contribution in [0.3, 0.4) is 0 Å². The van der Waals surface area contributed by atoms with Crippen molar-refractivity contribution in [1.82, 2.24) is 5.32 Å². The summed E-state index contributed by atoms with van der Waals surface area (Å²) in [4.78, 5) is 12.7. The third-order valence-electron chi connectivity index (χ3n) is 5.87. The lowest BCUT2D eigenvalue weighted by molar-refractivity contribution is -0.128. The highest BCUT2D eigenvalue weighted by Gasteiger charge is 2.60. The Morgan fingerprint density at radius 3 is 2.67 bits per heavy atom. The Bertz CT molecular complexity index is 560. The van der Waals surface area contributed by atoms with Crippen molar-refractivity contribution in [1.29, 1.82) is 0 Å². The smallest absolute Gasteiger partial charge is 0.230 e. The topological polar surface area (TPSA) is 29.1 Å². The number of amides is 1. The number of rotatable bonds is 4. The predicted octanol–water partition coefficient (Wildman–Crippen LogP) is 3.73. The molecule has 2 atom stereocenters. The molecular formula is C19H25NO. The standard InChI is InChI=1S/C19H25NO/c1-14-18(2,3)16-9-11-19(14,13-16)17(21)20-12-10-15-7-5-4-6-8-15/h4-8,16H,1,9-13H2,2-3H3,(H,20,21)/t16-,19+/m1/s1. The highest BCUT2D eigenvalue weighted by molar-refractivity contribution is 5.87. The van der Waals surface area contributed by atoms with Gasteiger partial charge < -0.3 is 5.32 Å². The van der Waals surface area contributed by atoms with Crippen LogP contribution in [-0.4, -0.2) is 12.5 Å². The van der Waals surface area contributed by atoms with Gasteiger partial charge in [-0.25, -0.2) is 0 Å². The molecule has 0 unspecified atom stereocenters. The van der Waals surface area contributed by atoms with E-state index in [9.17, 15) is 4.79 Å². The lowest BCUT2D eigenvalue weighted by Crippen LogP contribution is -2.42. The minimum absolute atomic E-state index is 0.120. The molecule has 0 aromatic heterocycles. The van der Waals surface area contributed by atoms with Crippen LogP contribution in [0.5, 0.6) is 0 Å². The molecular weight excluding hydrogens is 258 g/mol. The lowest BCUT2D eigenvalue weighted by atomic mass is 9.68. The van der Waals surface area contributed by atoms with Crippen LogP contribution in [0.1, 0.15) is 38.7 Å². The first-order valence-electron chi connectivity index (χ1n) is 7.99. The number of carbonyl (C=O) groups excluding carboxylic acids is 1. The second kappa shape index (κ2) is 5.01. The maximum absolute atomic E-state index is 12.7. The summed E-state index contributed by atoms with van der Waals surface area (Å²) >= 11 is 0. The van der Waals surface area contributed by atoms with Crippen LogP contribution in [0.4, 0.5) is 0 Å². The van der Waals surface area contributed by atoms with Gasteiger partial charge in [0, 0.05) is 6.54 Å². The highest BCUT2D eigenvalue weighted by Crippen LogP contribution is 2.65. The summed E-state index contributed by atoms with van der Waals surface area (Å²) in [5.74, 6) is 0.835. The van der Waals surface area contributed by atoms with Crippen molar-refractivity contribution >= 4 is 5.91 Å². The first-order chi connectivity index (χ1) is 9.97. The van der Waals surface area contributed by atoms with Gasteiger partial charge in [-0.15, -0.1) is 0 Å². The molecule has 1 aromatic rings. The summed E-state index contributed by atoms with van der Waals surface area (Å²) < 4.78 is 0. The van der Waals surface area contributed by atoms with Crippen molar-refractivity contribution in [2.75, 3.05) is 6.54 Å². The number of benzene rings is 1. The summed E-state index contributed by atoms with van der Waals surface area (Å²) in [6.45, 7) is 9.50. The van der Waals surface area contributed by atoms with E-state index < -0.39 is 0 Å². The molecule has 1 aromatic carbocycles. The van der Waals surface area contributed by atoms with Gasteiger partial charge in [0.05, 0.1) is 5.41 Å². The maximum Gasteiger partial charge on any atom is 0.230 e. The van der Waals surface area contributed by atoms with Crippen LogP contribution < -0.4 is 5.32 Å². The Balaban J connectivity index is 1.62. The van der Waals surface area contributed by atoms with Crippen molar-refractivity contribution in [3.05, 3.63) is 48.0 Å². The van der Waals surface area contributed by atoms with E-state index in [1.54, 1.807) is 0 Å². The molecule has 2 fully saturated rings. The van der Waals surface area contributed by atoms with Crippen LogP contribution in [-0.2, 0) is 11.2 Å². The summed E-state index contributed by atoms with van der Waals surface area (Å²) in [5, 5.41) is 3.16. The van der Waals surface area contributed by atoms with Crippen LogP contribution >= 0.6 is 0 Å². The van der Waals surface area contributed by atoms with Gasteiger partial charge >= 0.3 is 0 Å². The fourth-order valence-electron chi connectivity index (χ4n) is 4.28. The first kappa shape index (κ1) is 14.4. The van der Waals surface area contributed by atoms with Crippen LogP contribution in [0, 0.1) is 16.7 Å². The van der Waals surface area contributed by atoms with Crippen LogP contribution in [0.25, 0.3) is 0 Å². The molecule has 21 heavy (non-hydrogen) atoms. The third-order valence-corrected chi connectivity index (χ3v) is 5.87. The van der Waals surface area contributed by atoms with E-state index in [4.69, 9.17) is 0 Å². The summed E-state index contributed by atoms with van der Waals surface area (Å²) in [6, 6.07) is 10.3. The molecule has 0 spiro atoms. The minimum atomic E-state index is -0.287. The summed E-state index contributed by atoms with van der Waals surface area (Å²) in [7, 11) is 0. The normalized spacial score (nSPS) is 29.6. The number of hydrogen-bond donors (Lipinski definition) is 1. The van der Waals surface area contributed by atoms with Crippen molar-refractivity contribution in [3.63, 3.8) is 0 Å². The quantitative estimate of drug-likeness (QED) is 0.838. The molecule has 0 aliphatic heterocycles. The Morgan fingerprint density at radius 1 is 1.33 bits per heavy atom. The van der Waals surface area contributed by atoms with Crippen molar-refractivity contribution in [2.24, 2.45) is 16.7 Å². The van der Waals surface area contributed by atoms with E-state index in [1.165, 1.54) is 5.56 Å².